The summed E-state index contributed by atoms with van der Waals surface area (Å²) in [6, 6.07) is 0. The van der Waals surface area contributed by atoms with Crippen molar-refractivity contribution in [2.45, 2.75) is 6.92 Å². The third kappa shape index (κ3) is 0.564. The summed E-state index contributed by atoms with van der Waals surface area (Å²) in [4.78, 5) is 5.17. The summed E-state index contributed by atoms with van der Waals surface area (Å²) in [6.07, 6.45) is 1.83. The first-order valence-electron chi connectivity index (χ1n) is 2.62. The quantitative estimate of drug-likeness (QED) is 0.547. The number of hydrogen-bond donors (Lipinski definition) is 0. The Labute approximate surface area is 56.0 Å². The first-order chi connectivity index (χ1) is 4.38. The molecule has 0 aromatic carbocycles. The SMILES string of the molecule is Cc1ncc2scnn12. The van der Waals surface area contributed by atoms with Crippen molar-refractivity contribution >= 4 is 16.2 Å². The molecular formula is C5H5N3S. The number of rotatable bonds is 0. The lowest BCUT2D eigenvalue weighted by atomic mass is 10.7. The fourth-order valence-electron chi connectivity index (χ4n) is 0.763. The summed E-state index contributed by atoms with van der Waals surface area (Å²) in [5.74, 6) is 0.950. The van der Waals surface area contributed by atoms with Crippen LogP contribution >= 0.6 is 11.3 Å². The molecule has 0 fully saturated rings. The van der Waals surface area contributed by atoms with E-state index in [0.29, 0.717) is 0 Å². The van der Waals surface area contributed by atoms with Crippen LogP contribution in [0.1, 0.15) is 5.82 Å². The van der Waals surface area contributed by atoms with E-state index in [4.69, 9.17) is 0 Å². The molecule has 0 bridgehead atoms. The van der Waals surface area contributed by atoms with E-state index in [1.807, 2.05) is 23.1 Å². The Hall–Kier alpha value is -0.900. The minimum absolute atomic E-state index is 0.950. The predicted octanol–water partition coefficient (Wildman–Crippen LogP) is 1.10. The molecule has 0 aliphatic rings. The van der Waals surface area contributed by atoms with E-state index in [0.717, 1.165) is 10.7 Å². The zero-order valence-corrected chi connectivity index (χ0v) is 5.72. The number of hydrogen-bond acceptors (Lipinski definition) is 3. The topological polar surface area (TPSA) is 30.2 Å². The van der Waals surface area contributed by atoms with Gasteiger partial charge in [0.1, 0.15) is 16.2 Å². The molecule has 9 heavy (non-hydrogen) atoms. The Morgan fingerprint density at radius 2 is 2.56 bits per heavy atom. The van der Waals surface area contributed by atoms with Crippen LogP contribution in [0.4, 0.5) is 0 Å². The molecule has 0 atom stereocenters. The van der Waals surface area contributed by atoms with Crippen molar-refractivity contribution in [1.29, 1.82) is 0 Å². The number of fused-ring (bicyclic) bond motifs is 1. The van der Waals surface area contributed by atoms with E-state index < -0.39 is 0 Å². The number of aromatic nitrogens is 3. The Morgan fingerprint density at radius 3 is 3.33 bits per heavy atom. The van der Waals surface area contributed by atoms with Crippen LogP contribution in [0.5, 0.6) is 0 Å². The van der Waals surface area contributed by atoms with Crippen LogP contribution in [-0.2, 0) is 0 Å². The molecule has 0 aliphatic carbocycles. The molecular weight excluding hydrogens is 134 g/mol. The van der Waals surface area contributed by atoms with Crippen LogP contribution in [0.2, 0.25) is 0 Å². The summed E-state index contributed by atoms with van der Waals surface area (Å²) in [6.45, 7) is 1.94. The standard InChI is InChI=1S/C5H5N3S/c1-4-6-2-5-8(4)7-3-9-5/h2-3H,1H3. The van der Waals surface area contributed by atoms with Gasteiger partial charge in [-0.15, -0.1) is 11.3 Å². The first-order valence-corrected chi connectivity index (χ1v) is 3.50. The summed E-state index contributed by atoms with van der Waals surface area (Å²) >= 11 is 1.60. The van der Waals surface area contributed by atoms with E-state index >= 15 is 0 Å². The molecule has 0 spiro atoms. The number of nitrogens with zero attached hydrogens (tertiary/aromatic N) is 3. The Morgan fingerprint density at radius 1 is 1.67 bits per heavy atom. The van der Waals surface area contributed by atoms with Gasteiger partial charge in [0, 0.05) is 0 Å². The van der Waals surface area contributed by atoms with Gasteiger partial charge in [-0.05, 0) is 6.92 Å². The van der Waals surface area contributed by atoms with Gasteiger partial charge in [-0.1, -0.05) is 0 Å². The van der Waals surface area contributed by atoms with Crippen molar-refractivity contribution in [1.82, 2.24) is 14.6 Å². The van der Waals surface area contributed by atoms with Crippen LogP contribution in [-0.4, -0.2) is 14.6 Å². The molecule has 2 rings (SSSR count). The minimum Gasteiger partial charge on any atom is -0.238 e. The Balaban J connectivity index is 2.99. The first kappa shape index (κ1) is 4.93. The summed E-state index contributed by atoms with van der Waals surface area (Å²) in [5.41, 5.74) is 1.81. The lowest BCUT2D eigenvalue weighted by Crippen LogP contribution is -1.85. The van der Waals surface area contributed by atoms with Crippen molar-refractivity contribution < 1.29 is 0 Å². The highest BCUT2D eigenvalue weighted by molar-refractivity contribution is 7.15. The van der Waals surface area contributed by atoms with Crippen molar-refractivity contribution in [2.24, 2.45) is 0 Å². The second kappa shape index (κ2) is 1.54. The highest BCUT2D eigenvalue weighted by Crippen LogP contribution is 2.08. The van der Waals surface area contributed by atoms with Gasteiger partial charge in [-0.2, -0.15) is 5.10 Å². The van der Waals surface area contributed by atoms with E-state index in [-0.39, 0.29) is 0 Å². The molecule has 0 N–H and O–H groups in total. The maximum atomic E-state index is 4.07. The van der Waals surface area contributed by atoms with E-state index in [9.17, 15) is 0 Å². The van der Waals surface area contributed by atoms with Gasteiger partial charge in [0.2, 0.25) is 0 Å². The molecule has 0 amide bonds. The van der Waals surface area contributed by atoms with Gasteiger partial charge in [-0.25, -0.2) is 9.50 Å². The molecule has 2 aromatic heterocycles. The molecule has 0 aliphatic heterocycles. The van der Waals surface area contributed by atoms with Crippen molar-refractivity contribution in [3.63, 3.8) is 0 Å². The molecule has 46 valence electrons. The summed E-state index contributed by atoms with van der Waals surface area (Å²) < 4.78 is 1.82. The molecule has 0 radical (unpaired) electrons. The molecule has 3 nitrogen and oxygen atoms in total. The molecule has 2 aromatic rings. The zero-order valence-electron chi connectivity index (χ0n) is 4.90. The molecule has 4 heteroatoms. The summed E-state index contributed by atoms with van der Waals surface area (Å²) in [7, 11) is 0. The third-order valence-electron chi connectivity index (χ3n) is 1.21. The van der Waals surface area contributed by atoms with Crippen LogP contribution in [0.3, 0.4) is 0 Å². The lowest BCUT2D eigenvalue weighted by molar-refractivity contribution is 0.900. The highest BCUT2D eigenvalue weighted by Gasteiger charge is 1.97. The molecule has 2 heterocycles. The van der Waals surface area contributed by atoms with Crippen molar-refractivity contribution in [3.8, 4) is 0 Å². The summed E-state index contributed by atoms with van der Waals surface area (Å²) in [5, 5.41) is 4.05. The van der Waals surface area contributed by atoms with Crippen LogP contribution in [0, 0.1) is 6.92 Å². The van der Waals surface area contributed by atoms with Gasteiger partial charge >= 0.3 is 0 Å². The molecule has 0 saturated carbocycles. The second-order valence-corrected chi connectivity index (χ2v) is 2.66. The highest BCUT2D eigenvalue weighted by atomic mass is 32.1. The van der Waals surface area contributed by atoms with Gasteiger partial charge in [0.15, 0.2) is 0 Å². The van der Waals surface area contributed by atoms with Crippen LogP contribution in [0.15, 0.2) is 11.7 Å². The van der Waals surface area contributed by atoms with E-state index in [1.165, 1.54) is 0 Å². The van der Waals surface area contributed by atoms with Crippen LogP contribution in [0.25, 0.3) is 4.83 Å². The normalized spacial score (nSPS) is 10.8. The number of aryl methyl sites for hydroxylation is 1. The van der Waals surface area contributed by atoms with E-state index in [1.54, 1.807) is 11.3 Å². The monoisotopic (exact) mass is 139 g/mol. The van der Waals surface area contributed by atoms with Crippen LogP contribution < -0.4 is 0 Å². The fourth-order valence-corrected chi connectivity index (χ4v) is 1.41. The maximum absolute atomic E-state index is 4.07. The van der Waals surface area contributed by atoms with Crippen molar-refractivity contribution in [3.05, 3.63) is 17.5 Å². The van der Waals surface area contributed by atoms with Gasteiger partial charge < -0.3 is 0 Å². The Kier molecular flexibility index (Phi) is 0.843. The third-order valence-corrected chi connectivity index (χ3v) is 1.93. The average Bonchev–Trinajstić information content (AvgIpc) is 2.35. The van der Waals surface area contributed by atoms with Gasteiger partial charge in [-0.3, -0.25) is 0 Å². The van der Waals surface area contributed by atoms with Gasteiger partial charge in [0.05, 0.1) is 6.20 Å². The van der Waals surface area contributed by atoms with E-state index in [2.05, 4.69) is 10.1 Å². The maximum Gasteiger partial charge on any atom is 0.139 e. The largest absolute Gasteiger partial charge is 0.238 e. The average molecular weight is 139 g/mol. The Bertz CT molecular complexity index is 321. The van der Waals surface area contributed by atoms with Gasteiger partial charge in [0.25, 0.3) is 0 Å². The fraction of sp³-hybridized carbons (Fsp3) is 0.200. The minimum atomic E-state index is 0.950. The molecule has 0 unspecified atom stereocenters. The second-order valence-electron chi connectivity index (χ2n) is 1.79. The predicted molar refractivity (Wildman–Crippen MR) is 35.6 cm³/mol. The molecule has 0 saturated heterocycles. The zero-order chi connectivity index (χ0) is 6.27. The van der Waals surface area contributed by atoms with Crippen molar-refractivity contribution in [2.75, 3.05) is 0 Å². The number of imidazole rings is 1. The lowest BCUT2D eigenvalue weighted by Gasteiger charge is -1.80. The smallest absolute Gasteiger partial charge is 0.139 e.